The van der Waals surface area contributed by atoms with Gasteiger partial charge in [0.05, 0.1) is 0 Å². The summed E-state index contributed by atoms with van der Waals surface area (Å²) < 4.78 is 10.6. The molecule has 3 aromatic rings. The number of hydrogen-bond donors (Lipinski definition) is 0. The molecule has 0 spiro atoms. The molecule has 21 heavy (non-hydrogen) atoms. The van der Waals surface area contributed by atoms with Crippen molar-refractivity contribution in [1.29, 1.82) is 0 Å². The van der Waals surface area contributed by atoms with Crippen molar-refractivity contribution >= 4 is 20.3 Å². The third-order valence-electron chi connectivity index (χ3n) is 3.85. The van der Waals surface area contributed by atoms with E-state index in [1.807, 2.05) is 0 Å². The molecule has 0 aromatic heterocycles. The molecule has 0 radical (unpaired) electrons. The Morgan fingerprint density at radius 3 is 1.05 bits per heavy atom. The van der Waals surface area contributed by atoms with Gasteiger partial charge in [-0.25, -0.2) is 0 Å². The standard InChI is InChI=1S/3C6H5.H3OSi.Zr/c3*1-2-4-6-5-3-1;1-2;/h3*1-5H;2H3;/q;;;-1;+1. The molecule has 0 bridgehead atoms. The van der Waals surface area contributed by atoms with Crippen LogP contribution in [0.25, 0.3) is 0 Å². The van der Waals surface area contributed by atoms with Crippen LogP contribution in [0.3, 0.4) is 0 Å². The second-order valence-corrected chi connectivity index (χ2v) is 16.0. The van der Waals surface area contributed by atoms with Gasteiger partial charge in [-0.2, -0.15) is 0 Å². The zero-order valence-electron chi connectivity index (χ0n) is 12.1. The third-order valence-corrected chi connectivity index (χ3v) is 17.4. The predicted octanol–water partition coefficient (Wildman–Crippen LogP) is 1.33. The van der Waals surface area contributed by atoms with Crippen LogP contribution in [-0.4, -0.2) is 10.5 Å². The van der Waals surface area contributed by atoms with E-state index >= 15 is 0 Å². The van der Waals surface area contributed by atoms with E-state index in [0.29, 0.717) is 0 Å². The summed E-state index contributed by atoms with van der Waals surface area (Å²) in [6.45, 7) is 0. The molecule has 0 fully saturated rings. The fraction of sp³-hybridized carbons (Fsp3) is 0. The van der Waals surface area contributed by atoms with Gasteiger partial charge in [0.1, 0.15) is 0 Å². The first kappa shape index (κ1) is 14.6. The van der Waals surface area contributed by atoms with Crippen molar-refractivity contribution in [2.45, 2.75) is 0 Å². The number of rotatable bonds is 4. The van der Waals surface area contributed by atoms with Crippen LogP contribution in [0, 0.1) is 0 Å². The molecule has 0 atom stereocenters. The second-order valence-electron chi connectivity index (χ2n) is 4.98. The van der Waals surface area contributed by atoms with Crippen molar-refractivity contribution in [3.8, 4) is 0 Å². The van der Waals surface area contributed by atoms with Crippen LogP contribution in [-0.2, 0) is 23.2 Å². The summed E-state index contributed by atoms with van der Waals surface area (Å²) in [5.41, 5.74) is 0. The Labute approximate surface area is 134 Å². The van der Waals surface area contributed by atoms with E-state index in [9.17, 15) is 0 Å². The van der Waals surface area contributed by atoms with Gasteiger partial charge in [0.15, 0.2) is 0 Å². The second kappa shape index (κ2) is 6.65. The molecule has 0 unspecified atom stereocenters. The first-order chi connectivity index (χ1) is 10.4. The summed E-state index contributed by atoms with van der Waals surface area (Å²) in [6, 6.07) is 32.3. The van der Waals surface area contributed by atoms with Crippen molar-refractivity contribution in [3.63, 3.8) is 0 Å². The van der Waals surface area contributed by atoms with Gasteiger partial charge >= 0.3 is 135 Å². The molecule has 104 valence electrons. The van der Waals surface area contributed by atoms with Crippen molar-refractivity contribution in [2.24, 2.45) is 0 Å². The van der Waals surface area contributed by atoms with E-state index in [2.05, 4.69) is 91.0 Å². The summed E-state index contributed by atoms with van der Waals surface area (Å²) >= 11 is -3.27. The zero-order valence-corrected chi connectivity index (χ0v) is 16.5. The Morgan fingerprint density at radius 1 is 0.524 bits per heavy atom. The Kier molecular flexibility index (Phi) is 4.64. The third kappa shape index (κ3) is 2.74. The minimum atomic E-state index is -3.27. The quantitative estimate of drug-likeness (QED) is 0.631. The van der Waals surface area contributed by atoms with Crippen LogP contribution >= 0.6 is 0 Å². The molecule has 0 saturated heterocycles. The van der Waals surface area contributed by atoms with Crippen LogP contribution in [0.15, 0.2) is 91.0 Å². The molecule has 3 heteroatoms. The predicted molar refractivity (Wildman–Crippen MR) is 89.3 cm³/mol. The molecule has 0 aliphatic rings. The van der Waals surface area contributed by atoms with E-state index in [0.717, 1.165) is 10.5 Å². The molecule has 1 nitrogen and oxygen atoms in total. The van der Waals surface area contributed by atoms with Gasteiger partial charge in [-0.05, 0) is 0 Å². The molecule has 0 heterocycles. The summed E-state index contributed by atoms with van der Waals surface area (Å²) in [5, 5.41) is 0. The van der Waals surface area contributed by atoms with E-state index in [1.165, 1.54) is 9.81 Å². The van der Waals surface area contributed by atoms with Crippen molar-refractivity contribution < 1.29 is 23.2 Å². The molecular weight excluding hydrogens is 352 g/mol. The summed E-state index contributed by atoms with van der Waals surface area (Å²) in [6.07, 6.45) is 0. The zero-order chi connectivity index (χ0) is 14.5. The van der Waals surface area contributed by atoms with Gasteiger partial charge < -0.3 is 0 Å². The molecule has 0 aliphatic heterocycles. The average Bonchev–Trinajstić information content (AvgIpc) is 2.59. The SMILES string of the molecule is [SiH3][O][Zr]([c]1ccccc1)([c]1ccccc1)[c]1ccccc1. The topological polar surface area (TPSA) is 9.23 Å². The molecule has 0 saturated carbocycles. The van der Waals surface area contributed by atoms with Crippen LogP contribution in [0.4, 0.5) is 0 Å². The maximum atomic E-state index is 6.44. The maximum absolute atomic E-state index is 6.44. The van der Waals surface area contributed by atoms with Crippen LogP contribution < -0.4 is 9.81 Å². The first-order valence-corrected chi connectivity index (χ1v) is 12.6. The van der Waals surface area contributed by atoms with E-state index in [1.54, 1.807) is 0 Å². The minimum absolute atomic E-state index is 0.744. The van der Waals surface area contributed by atoms with Crippen LogP contribution in [0.5, 0.6) is 0 Å². The first-order valence-electron chi connectivity index (χ1n) is 7.09. The molecular formula is C18H18OSiZr. The normalized spacial score (nSPS) is 11.4. The summed E-state index contributed by atoms with van der Waals surface area (Å²) in [5.74, 6) is 0. The van der Waals surface area contributed by atoms with Gasteiger partial charge in [0.25, 0.3) is 0 Å². The summed E-state index contributed by atoms with van der Waals surface area (Å²) in [4.78, 5) is 0. The Morgan fingerprint density at radius 2 is 0.810 bits per heavy atom. The van der Waals surface area contributed by atoms with Crippen LogP contribution in [0.2, 0.25) is 0 Å². The Hall–Kier alpha value is -1.28. The van der Waals surface area contributed by atoms with Gasteiger partial charge in [-0.3, -0.25) is 0 Å². The van der Waals surface area contributed by atoms with Crippen molar-refractivity contribution in [1.82, 2.24) is 0 Å². The molecule has 0 N–H and O–H groups in total. The fourth-order valence-corrected chi connectivity index (χ4v) is 16.1. The van der Waals surface area contributed by atoms with Crippen LogP contribution in [0.1, 0.15) is 0 Å². The van der Waals surface area contributed by atoms with Crippen molar-refractivity contribution in [2.75, 3.05) is 0 Å². The van der Waals surface area contributed by atoms with Crippen molar-refractivity contribution in [3.05, 3.63) is 91.0 Å². The van der Waals surface area contributed by atoms with E-state index in [-0.39, 0.29) is 0 Å². The molecule has 0 aliphatic carbocycles. The van der Waals surface area contributed by atoms with Gasteiger partial charge in [-0.1, -0.05) is 0 Å². The molecule has 3 aromatic carbocycles. The molecule has 0 amide bonds. The van der Waals surface area contributed by atoms with Gasteiger partial charge in [0.2, 0.25) is 0 Å². The fourth-order valence-electron chi connectivity index (χ4n) is 2.87. The average molecular weight is 370 g/mol. The number of benzene rings is 3. The Balaban J connectivity index is 2.29. The van der Waals surface area contributed by atoms with Gasteiger partial charge in [0, 0.05) is 0 Å². The Bertz CT molecular complexity index is 590. The van der Waals surface area contributed by atoms with E-state index in [4.69, 9.17) is 2.50 Å². The molecule has 3 rings (SSSR count). The summed E-state index contributed by atoms with van der Waals surface area (Å²) in [7, 11) is 0.744. The van der Waals surface area contributed by atoms with E-state index < -0.39 is 20.7 Å². The van der Waals surface area contributed by atoms with Gasteiger partial charge in [-0.15, -0.1) is 0 Å². The number of hydrogen-bond acceptors (Lipinski definition) is 1. The monoisotopic (exact) mass is 368 g/mol.